The van der Waals surface area contributed by atoms with Crippen molar-refractivity contribution in [3.8, 4) is 0 Å². The molecule has 1 aliphatic rings. The normalized spacial score (nSPS) is 17.0. The van der Waals surface area contributed by atoms with Crippen LogP contribution in [-0.2, 0) is 4.74 Å². The number of carbonyl (C=O) groups excluding carboxylic acids is 2. The summed E-state index contributed by atoms with van der Waals surface area (Å²) in [6.45, 7) is 4.67. The van der Waals surface area contributed by atoms with E-state index in [-0.39, 0.29) is 17.1 Å². The lowest BCUT2D eigenvalue weighted by atomic mass is 9.79. The second-order valence-corrected chi connectivity index (χ2v) is 6.00. The van der Waals surface area contributed by atoms with E-state index >= 15 is 0 Å². The van der Waals surface area contributed by atoms with Crippen LogP contribution >= 0.6 is 0 Å². The Kier molecular flexibility index (Phi) is 5.69. The lowest BCUT2D eigenvalue weighted by molar-refractivity contribution is 0.0511. The summed E-state index contributed by atoms with van der Waals surface area (Å²) in [7, 11) is 1.70. The molecule has 1 amide bonds. The number of ketones is 1. The van der Waals surface area contributed by atoms with Crippen molar-refractivity contribution in [1.29, 1.82) is 0 Å². The van der Waals surface area contributed by atoms with Crippen molar-refractivity contribution in [3.05, 3.63) is 35.4 Å². The van der Waals surface area contributed by atoms with E-state index in [2.05, 4.69) is 10.6 Å². The summed E-state index contributed by atoms with van der Waals surface area (Å²) in [6, 6.07) is 6.76. The molecule has 5 nitrogen and oxygen atoms in total. The van der Waals surface area contributed by atoms with E-state index in [0.717, 1.165) is 25.9 Å². The van der Waals surface area contributed by atoms with Crippen LogP contribution in [-0.4, -0.2) is 45.0 Å². The van der Waals surface area contributed by atoms with Crippen molar-refractivity contribution in [1.82, 2.24) is 10.6 Å². The first-order chi connectivity index (χ1) is 10.6. The summed E-state index contributed by atoms with van der Waals surface area (Å²) in [6.07, 6.45) is 1.98. The molecule has 1 aromatic rings. The summed E-state index contributed by atoms with van der Waals surface area (Å²) in [4.78, 5) is 23.5. The number of nitrogens with one attached hydrogen (secondary N) is 2. The second kappa shape index (κ2) is 7.51. The van der Waals surface area contributed by atoms with Gasteiger partial charge in [-0.3, -0.25) is 9.59 Å². The lowest BCUT2D eigenvalue weighted by Crippen LogP contribution is -2.47. The van der Waals surface area contributed by atoms with Crippen LogP contribution in [0.5, 0.6) is 0 Å². The van der Waals surface area contributed by atoms with Gasteiger partial charge in [0.15, 0.2) is 5.78 Å². The van der Waals surface area contributed by atoms with Gasteiger partial charge in [0.2, 0.25) is 0 Å². The molecule has 2 rings (SSSR count). The van der Waals surface area contributed by atoms with Crippen molar-refractivity contribution in [2.24, 2.45) is 5.41 Å². The highest BCUT2D eigenvalue weighted by molar-refractivity contribution is 5.97. The van der Waals surface area contributed by atoms with Crippen LogP contribution < -0.4 is 10.6 Å². The zero-order valence-corrected chi connectivity index (χ0v) is 13.3. The van der Waals surface area contributed by atoms with E-state index in [1.807, 2.05) is 0 Å². The molecule has 0 aromatic heterocycles. The molecule has 2 N–H and O–H groups in total. The number of Topliss-reactive ketones (excluding diaryl/α,β-unsaturated/α-hetero) is 1. The van der Waals surface area contributed by atoms with Gasteiger partial charge in [0.1, 0.15) is 0 Å². The minimum absolute atomic E-state index is 0.000659. The largest absolute Gasteiger partial charge is 0.384 e. The Morgan fingerprint density at radius 2 is 1.77 bits per heavy atom. The number of piperidine rings is 1. The molecule has 0 atom stereocenters. The Morgan fingerprint density at radius 3 is 2.32 bits per heavy atom. The average Bonchev–Trinajstić information content (AvgIpc) is 2.54. The van der Waals surface area contributed by atoms with Crippen LogP contribution in [0.2, 0.25) is 0 Å². The van der Waals surface area contributed by atoms with Gasteiger partial charge in [-0.1, -0.05) is 12.1 Å². The Bertz CT molecular complexity index is 514. The van der Waals surface area contributed by atoms with Crippen LogP contribution in [0.1, 0.15) is 40.5 Å². The molecule has 0 bridgehead atoms. The zero-order valence-electron chi connectivity index (χ0n) is 13.3. The minimum Gasteiger partial charge on any atom is -0.384 e. The zero-order chi connectivity index (χ0) is 16.0. The van der Waals surface area contributed by atoms with Crippen molar-refractivity contribution in [2.75, 3.05) is 33.4 Å². The smallest absolute Gasteiger partial charge is 0.251 e. The third-order valence-corrected chi connectivity index (χ3v) is 4.29. The van der Waals surface area contributed by atoms with E-state index in [4.69, 9.17) is 4.74 Å². The molecule has 0 unspecified atom stereocenters. The number of ether oxygens (including phenoxy) is 1. The number of carbonyl (C=O) groups is 2. The fourth-order valence-electron chi connectivity index (χ4n) is 2.86. The van der Waals surface area contributed by atoms with Crippen molar-refractivity contribution in [3.63, 3.8) is 0 Å². The molecule has 22 heavy (non-hydrogen) atoms. The fraction of sp³-hybridized carbons (Fsp3) is 0.529. The second-order valence-electron chi connectivity index (χ2n) is 6.00. The summed E-state index contributed by atoms with van der Waals surface area (Å²) in [5.41, 5.74) is 1.20. The standard InChI is InChI=1S/C17H24N2O3/c1-13(20)14-3-5-15(6-4-14)16(21)19-11-17(12-22-2)7-9-18-10-8-17/h3-6,18H,7-12H2,1-2H3,(H,19,21). The SMILES string of the molecule is COCC1(CNC(=O)c2ccc(C(C)=O)cc2)CCNCC1. The Morgan fingerprint density at radius 1 is 1.18 bits per heavy atom. The van der Waals surface area contributed by atoms with Gasteiger partial charge in [-0.05, 0) is 45.0 Å². The topological polar surface area (TPSA) is 67.4 Å². The van der Waals surface area contributed by atoms with Crippen molar-refractivity contribution < 1.29 is 14.3 Å². The first-order valence-corrected chi connectivity index (χ1v) is 7.65. The summed E-state index contributed by atoms with van der Waals surface area (Å²) >= 11 is 0. The molecule has 1 aromatic carbocycles. The molecular formula is C17H24N2O3. The molecule has 0 spiro atoms. The molecule has 1 saturated heterocycles. The number of methoxy groups -OCH3 is 1. The third-order valence-electron chi connectivity index (χ3n) is 4.29. The van der Waals surface area contributed by atoms with Crippen LogP contribution in [0.25, 0.3) is 0 Å². The van der Waals surface area contributed by atoms with Crippen LogP contribution in [0.3, 0.4) is 0 Å². The summed E-state index contributed by atoms with van der Waals surface area (Å²) in [5.74, 6) is -0.107. The molecule has 1 fully saturated rings. The highest BCUT2D eigenvalue weighted by Gasteiger charge is 2.32. The molecular weight excluding hydrogens is 280 g/mol. The molecule has 5 heteroatoms. The summed E-state index contributed by atoms with van der Waals surface area (Å²) in [5, 5.41) is 6.35. The van der Waals surface area contributed by atoms with Crippen molar-refractivity contribution >= 4 is 11.7 Å². The van der Waals surface area contributed by atoms with E-state index in [9.17, 15) is 9.59 Å². The van der Waals surface area contributed by atoms with Gasteiger partial charge in [0.05, 0.1) is 6.61 Å². The average molecular weight is 304 g/mol. The molecule has 1 heterocycles. The van der Waals surface area contributed by atoms with Crippen LogP contribution in [0.4, 0.5) is 0 Å². The number of benzene rings is 1. The number of hydrogen-bond acceptors (Lipinski definition) is 4. The predicted octanol–water partition coefficient (Wildman–Crippen LogP) is 1.64. The number of hydrogen-bond donors (Lipinski definition) is 2. The van der Waals surface area contributed by atoms with Gasteiger partial charge in [0, 0.05) is 30.2 Å². The summed E-state index contributed by atoms with van der Waals surface area (Å²) < 4.78 is 5.35. The van der Waals surface area contributed by atoms with Gasteiger partial charge < -0.3 is 15.4 Å². The van der Waals surface area contributed by atoms with Gasteiger partial charge in [-0.25, -0.2) is 0 Å². The Balaban J connectivity index is 1.97. The highest BCUT2D eigenvalue weighted by atomic mass is 16.5. The quantitative estimate of drug-likeness (QED) is 0.784. The Labute approximate surface area is 131 Å². The Hall–Kier alpha value is -1.72. The van der Waals surface area contributed by atoms with Crippen LogP contribution in [0, 0.1) is 5.41 Å². The highest BCUT2D eigenvalue weighted by Crippen LogP contribution is 2.28. The monoisotopic (exact) mass is 304 g/mol. The third kappa shape index (κ3) is 4.15. The maximum absolute atomic E-state index is 12.3. The van der Waals surface area contributed by atoms with Gasteiger partial charge in [-0.2, -0.15) is 0 Å². The van der Waals surface area contributed by atoms with Crippen molar-refractivity contribution in [2.45, 2.75) is 19.8 Å². The van der Waals surface area contributed by atoms with Crippen LogP contribution in [0.15, 0.2) is 24.3 Å². The lowest BCUT2D eigenvalue weighted by Gasteiger charge is -2.37. The van der Waals surface area contributed by atoms with Gasteiger partial charge in [0.25, 0.3) is 5.91 Å². The molecule has 0 radical (unpaired) electrons. The number of rotatable bonds is 6. The molecule has 0 saturated carbocycles. The first kappa shape index (κ1) is 16.6. The van der Waals surface area contributed by atoms with Gasteiger partial charge in [-0.15, -0.1) is 0 Å². The minimum atomic E-state index is -0.107. The predicted molar refractivity (Wildman–Crippen MR) is 85.2 cm³/mol. The van der Waals surface area contributed by atoms with E-state index in [1.54, 1.807) is 31.4 Å². The van der Waals surface area contributed by atoms with E-state index in [0.29, 0.717) is 24.3 Å². The maximum atomic E-state index is 12.3. The van der Waals surface area contributed by atoms with Gasteiger partial charge >= 0.3 is 0 Å². The molecule has 0 aliphatic carbocycles. The molecule has 120 valence electrons. The first-order valence-electron chi connectivity index (χ1n) is 7.65. The number of amides is 1. The molecule has 1 aliphatic heterocycles. The maximum Gasteiger partial charge on any atom is 0.251 e. The van der Waals surface area contributed by atoms with E-state index in [1.165, 1.54) is 6.92 Å². The van der Waals surface area contributed by atoms with E-state index < -0.39 is 0 Å². The fourth-order valence-corrected chi connectivity index (χ4v) is 2.86.